The van der Waals surface area contributed by atoms with E-state index in [9.17, 15) is 0 Å². The van der Waals surface area contributed by atoms with Crippen molar-refractivity contribution in [1.82, 2.24) is 4.90 Å². The first-order chi connectivity index (χ1) is 9.02. The zero-order valence-electron chi connectivity index (χ0n) is 13.2. The highest BCUT2D eigenvalue weighted by Gasteiger charge is 2.51. The third kappa shape index (κ3) is 2.35. The number of piperidine rings is 1. The molecule has 0 aromatic carbocycles. The van der Waals surface area contributed by atoms with Crippen LogP contribution in [0.25, 0.3) is 0 Å². The van der Waals surface area contributed by atoms with Gasteiger partial charge in [-0.3, -0.25) is 4.90 Å². The van der Waals surface area contributed by atoms with Crippen molar-refractivity contribution < 1.29 is 4.74 Å². The molecular weight excluding hydrogens is 234 g/mol. The monoisotopic (exact) mass is 265 g/mol. The molecular formula is C17H31NO. The van der Waals surface area contributed by atoms with Gasteiger partial charge >= 0.3 is 0 Å². The highest BCUT2D eigenvalue weighted by Crippen LogP contribution is 2.47. The summed E-state index contributed by atoms with van der Waals surface area (Å²) in [6.45, 7) is 11.0. The quantitative estimate of drug-likeness (QED) is 0.709. The summed E-state index contributed by atoms with van der Waals surface area (Å²) in [5, 5.41) is 0. The Morgan fingerprint density at radius 3 is 2.68 bits per heavy atom. The van der Waals surface area contributed by atoms with Crippen LogP contribution in [0.3, 0.4) is 0 Å². The minimum Gasteiger partial charge on any atom is -0.360 e. The molecule has 0 spiro atoms. The zero-order valence-corrected chi connectivity index (χ0v) is 13.2. The fraction of sp³-hybridized carbons (Fsp3) is 1.00. The van der Waals surface area contributed by atoms with Crippen LogP contribution in [-0.4, -0.2) is 29.3 Å². The van der Waals surface area contributed by atoms with Gasteiger partial charge in [0.05, 0.1) is 6.10 Å². The molecule has 110 valence electrons. The van der Waals surface area contributed by atoms with Crippen molar-refractivity contribution in [2.24, 2.45) is 17.8 Å². The van der Waals surface area contributed by atoms with Gasteiger partial charge in [0.2, 0.25) is 0 Å². The lowest BCUT2D eigenvalue weighted by Crippen LogP contribution is -2.66. The van der Waals surface area contributed by atoms with E-state index < -0.39 is 0 Å². The summed E-state index contributed by atoms with van der Waals surface area (Å²) in [4.78, 5) is 2.71. The molecule has 2 heteroatoms. The fourth-order valence-electron chi connectivity index (χ4n) is 4.80. The first-order valence-corrected chi connectivity index (χ1v) is 8.44. The second-order valence-electron chi connectivity index (χ2n) is 7.81. The minimum absolute atomic E-state index is 0.335. The first kappa shape index (κ1) is 13.9. The zero-order chi connectivity index (χ0) is 13.6. The number of fused-ring (bicyclic) bond motifs is 2. The van der Waals surface area contributed by atoms with E-state index in [4.69, 9.17) is 4.74 Å². The number of ether oxygens (including phenoxy) is 1. The molecule has 0 aromatic heterocycles. The van der Waals surface area contributed by atoms with E-state index in [0.717, 1.165) is 17.8 Å². The van der Waals surface area contributed by atoms with E-state index in [1.807, 2.05) is 0 Å². The lowest BCUT2D eigenvalue weighted by Gasteiger charge is -2.59. The fourth-order valence-corrected chi connectivity index (χ4v) is 4.80. The van der Waals surface area contributed by atoms with Gasteiger partial charge in [0, 0.05) is 18.0 Å². The van der Waals surface area contributed by atoms with Crippen molar-refractivity contribution in [2.75, 3.05) is 6.54 Å². The molecule has 3 rings (SSSR count). The summed E-state index contributed by atoms with van der Waals surface area (Å²) >= 11 is 0. The average Bonchev–Trinajstić information content (AvgIpc) is 2.38. The maximum absolute atomic E-state index is 6.52. The molecule has 0 bridgehead atoms. The van der Waals surface area contributed by atoms with Gasteiger partial charge in [-0.15, -0.1) is 0 Å². The predicted molar refractivity (Wildman–Crippen MR) is 79.0 cm³/mol. The Balaban J connectivity index is 1.80. The Hall–Kier alpha value is -0.0800. The number of rotatable bonds is 1. The van der Waals surface area contributed by atoms with Crippen LogP contribution in [0.5, 0.6) is 0 Å². The topological polar surface area (TPSA) is 12.5 Å². The summed E-state index contributed by atoms with van der Waals surface area (Å²) in [5.41, 5.74) is 0.335. The van der Waals surface area contributed by atoms with Gasteiger partial charge < -0.3 is 4.74 Å². The van der Waals surface area contributed by atoms with E-state index in [1.54, 1.807) is 0 Å². The normalized spacial score (nSPS) is 46.4. The van der Waals surface area contributed by atoms with Gasteiger partial charge in [0.1, 0.15) is 6.23 Å². The highest BCUT2D eigenvalue weighted by molar-refractivity contribution is 5.01. The van der Waals surface area contributed by atoms with E-state index in [2.05, 4.69) is 32.6 Å². The van der Waals surface area contributed by atoms with Gasteiger partial charge in [-0.2, -0.15) is 0 Å². The number of hydrogen-bond donors (Lipinski definition) is 0. The Labute approximate surface area is 118 Å². The molecule has 3 fully saturated rings. The van der Waals surface area contributed by atoms with Crippen LogP contribution in [0.4, 0.5) is 0 Å². The van der Waals surface area contributed by atoms with Crippen LogP contribution in [0, 0.1) is 17.8 Å². The third-order valence-corrected chi connectivity index (χ3v) is 6.24. The van der Waals surface area contributed by atoms with Crippen LogP contribution < -0.4 is 0 Å². The van der Waals surface area contributed by atoms with Crippen LogP contribution in [-0.2, 0) is 4.74 Å². The van der Waals surface area contributed by atoms with Crippen LogP contribution >= 0.6 is 0 Å². The number of nitrogens with zero attached hydrogens (tertiary/aromatic N) is 1. The van der Waals surface area contributed by atoms with Crippen molar-refractivity contribution in [1.29, 1.82) is 0 Å². The Morgan fingerprint density at radius 2 is 1.95 bits per heavy atom. The van der Waals surface area contributed by atoms with Crippen LogP contribution in [0.15, 0.2) is 0 Å². The highest BCUT2D eigenvalue weighted by atomic mass is 16.5. The lowest BCUT2D eigenvalue weighted by molar-refractivity contribution is -0.248. The van der Waals surface area contributed by atoms with Crippen molar-refractivity contribution >= 4 is 0 Å². The second kappa shape index (κ2) is 5.04. The van der Waals surface area contributed by atoms with Gasteiger partial charge in [-0.1, -0.05) is 26.7 Å². The molecule has 0 radical (unpaired) electrons. The molecule has 2 heterocycles. The summed E-state index contributed by atoms with van der Waals surface area (Å²) in [7, 11) is 0. The van der Waals surface area contributed by atoms with E-state index in [-0.39, 0.29) is 0 Å². The first-order valence-electron chi connectivity index (χ1n) is 8.44. The van der Waals surface area contributed by atoms with Gasteiger partial charge in [-0.25, -0.2) is 0 Å². The second-order valence-corrected chi connectivity index (χ2v) is 7.81. The molecule has 0 amide bonds. The van der Waals surface area contributed by atoms with Crippen LogP contribution in [0.1, 0.15) is 66.2 Å². The molecule has 2 nitrogen and oxygen atoms in total. The standard InChI is InChI=1S/C17H31NO/c1-5-13-7-9-16-18(11-13)17(3,4)14-8-6-12(2)10-15(14)19-16/h12-16H,5-11H2,1-4H3/t12-,13-,14-,15-,16+/m1/s1. The van der Waals surface area contributed by atoms with Crippen LogP contribution in [0.2, 0.25) is 0 Å². The maximum Gasteiger partial charge on any atom is 0.111 e. The molecule has 0 N–H and O–H groups in total. The van der Waals surface area contributed by atoms with E-state index >= 15 is 0 Å². The van der Waals surface area contributed by atoms with Crippen molar-refractivity contribution in [3.8, 4) is 0 Å². The van der Waals surface area contributed by atoms with Crippen molar-refractivity contribution in [3.05, 3.63) is 0 Å². The Kier molecular flexibility index (Phi) is 3.68. The van der Waals surface area contributed by atoms with Gasteiger partial charge in [0.25, 0.3) is 0 Å². The number of hydrogen-bond acceptors (Lipinski definition) is 2. The molecule has 1 saturated carbocycles. The summed E-state index contributed by atoms with van der Waals surface area (Å²) in [6, 6.07) is 0. The molecule has 19 heavy (non-hydrogen) atoms. The van der Waals surface area contributed by atoms with E-state index in [1.165, 1.54) is 45.1 Å². The lowest BCUT2D eigenvalue weighted by atomic mass is 9.69. The molecule has 2 aliphatic heterocycles. The Morgan fingerprint density at radius 1 is 1.16 bits per heavy atom. The molecule has 5 atom stereocenters. The van der Waals surface area contributed by atoms with Gasteiger partial charge in [0.15, 0.2) is 0 Å². The molecule has 2 saturated heterocycles. The van der Waals surface area contributed by atoms with Crippen molar-refractivity contribution in [3.63, 3.8) is 0 Å². The third-order valence-electron chi connectivity index (χ3n) is 6.24. The Bertz CT molecular complexity index is 327. The largest absolute Gasteiger partial charge is 0.360 e. The summed E-state index contributed by atoms with van der Waals surface area (Å²) < 4.78 is 6.52. The molecule has 1 aliphatic carbocycles. The van der Waals surface area contributed by atoms with Crippen molar-refractivity contribution in [2.45, 2.75) is 84.1 Å². The molecule has 0 unspecified atom stereocenters. The average molecular weight is 265 g/mol. The van der Waals surface area contributed by atoms with Gasteiger partial charge in [-0.05, 0) is 51.4 Å². The minimum atomic E-state index is 0.335. The summed E-state index contributed by atoms with van der Waals surface area (Å²) in [6.07, 6.45) is 8.91. The molecule has 0 aromatic rings. The maximum atomic E-state index is 6.52. The molecule has 3 aliphatic rings. The smallest absolute Gasteiger partial charge is 0.111 e. The van der Waals surface area contributed by atoms with E-state index in [0.29, 0.717) is 17.9 Å². The summed E-state index contributed by atoms with van der Waals surface area (Å²) in [5.74, 6) is 2.49. The SMILES string of the molecule is CC[C@@H]1CC[C@@H]2O[C@@H]3C[C@H](C)CC[C@H]3C(C)(C)N2C1. The predicted octanol–water partition coefficient (Wildman–Crippen LogP) is 4.05.